The topological polar surface area (TPSA) is 98.5 Å². The van der Waals surface area contributed by atoms with E-state index >= 15 is 0 Å². The van der Waals surface area contributed by atoms with Crippen molar-refractivity contribution in [1.29, 1.82) is 0 Å². The molecule has 0 spiro atoms. The Morgan fingerprint density at radius 3 is 2.45 bits per heavy atom. The predicted molar refractivity (Wildman–Crippen MR) is 128 cm³/mol. The summed E-state index contributed by atoms with van der Waals surface area (Å²) in [5, 5.41) is 12.7. The van der Waals surface area contributed by atoms with Gasteiger partial charge in [0.15, 0.2) is 10.9 Å². The van der Waals surface area contributed by atoms with Crippen molar-refractivity contribution in [3.8, 4) is 5.69 Å². The van der Waals surface area contributed by atoms with Crippen LogP contribution in [0.4, 0.5) is 0 Å². The highest BCUT2D eigenvalue weighted by Gasteiger charge is 2.22. The maximum atomic E-state index is 13.0. The van der Waals surface area contributed by atoms with E-state index in [1.54, 1.807) is 29.1 Å². The number of halogens is 2. The summed E-state index contributed by atoms with van der Waals surface area (Å²) in [5.41, 5.74) is 3.83. The number of hydrogen-bond acceptors (Lipinski definition) is 7. The van der Waals surface area contributed by atoms with Crippen molar-refractivity contribution in [2.75, 3.05) is 0 Å². The molecule has 0 aliphatic carbocycles. The Morgan fingerprint density at radius 2 is 1.79 bits per heavy atom. The maximum Gasteiger partial charge on any atom is 0.274 e. The second-order valence-corrected chi connectivity index (χ2v) is 8.97. The molecule has 0 fully saturated rings. The van der Waals surface area contributed by atoms with Crippen molar-refractivity contribution in [2.24, 2.45) is 0 Å². The van der Waals surface area contributed by atoms with Crippen LogP contribution in [-0.4, -0.2) is 35.9 Å². The lowest BCUT2D eigenvalue weighted by Crippen LogP contribution is -2.25. The van der Waals surface area contributed by atoms with Gasteiger partial charge in [0.25, 0.3) is 5.91 Å². The number of thioether (sulfide) groups is 1. The average molecular weight is 500 g/mol. The third-order valence-corrected chi connectivity index (χ3v) is 5.82. The van der Waals surface area contributed by atoms with Crippen molar-refractivity contribution in [3.05, 3.63) is 87.2 Å². The van der Waals surface area contributed by atoms with Gasteiger partial charge in [-0.15, -0.1) is 5.10 Å². The quantitative estimate of drug-likeness (QED) is 0.293. The molecular formula is C22H19Cl2N7OS. The zero-order valence-electron chi connectivity index (χ0n) is 17.8. The number of rotatable bonds is 7. The number of carbonyl (C=O) groups excluding carboxylic acids is 1. The van der Waals surface area contributed by atoms with Gasteiger partial charge in [0.1, 0.15) is 0 Å². The summed E-state index contributed by atoms with van der Waals surface area (Å²) < 4.78 is 1.56. The van der Waals surface area contributed by atoms with Gasteiger partial charge in [-0.3, -0.25) is 9.78 Å². The summed E-state index contributed by atoms with van der Waals surface area (Å²) in [5.74, 6) is -0.0104. The van der Waals surface area contributed by atoms with Crippen LogP contribution in [0, 0.1) is 13.8 Å². The summed E-state index contributed by atoms with van der Waals surface area (Å²) in [7, 11) is 0. The molecule has 3 aromatic heterocycles. The van der Waals surface area contributed by atoms with Gasteiger partial charge in [-0.25, -0.2) is 14.6 Å². The molecule has 0 aliphatic rings. The van der Waals surface area contributed by atoms with Crippen molar-refractivity contribution in [1.82, 2.24) is 35.3 Å². The van der Waals surface area contributed by atoms with E-state index in [-0.39, 0.29) is 18.1 Å². The van der Waals surface area contributed by atoms with E-state index in [0.717, 1.165) is 17.1 Å². The number of benzene rings is 1. The highest BCUT2D eigenvalue weighted by molar-refractivity contribution is 7.98. The Balaban J connectivity index is 1.65. The molecule has 11 heteroatoms. The van der Waals surface area contributed by atoms with Crippen molar-refractivity contribution in [3.63, 3.8) is 0 Å². The van der Waals surface area contributed by atoms with E-state index in [9.17, 15) is 4.79 Å². The molecule has 33 heavy (non-hydrogen) atoms. The molecule has 4 aromatic rings. The first-order chi connectivity index (χ1) is 15.9. The van der Waals surface area contributed by atoms with E-state index in [1.807, 2.05) is 38.1 Å². The van der Waals surface area contributed by atoms with Gasteiger partial charge in [-0.2, -0.15) is 0 Å². The molecule has 3 heterocycles. The highest BCUT2D eigenvalue weighted by Crippen LogP contribution is 2.26. The number of nitrogens with one attached hydrogen (secondary N) is 1. The number of nitrogens with zero attached hydrogens (tertiary/aromatic N) is 6. The van der Waals surface area contributed by atoms with Crippen LogP contribution in [0.2, 0.25) is 10.0 Å². The second-order valence-electron chi connectivity index (χ2n) is 7.15. The summed E-state index contributed by atoms with van der Waals surface area (Å²) in [6, 6.07) is 12.5. The summed E-state index contributed by atoms with van der Waals surface area (Å²) >= 11 is 13.8. The normalized spacial score (nSPS) is 10.9. The van der Waals surface area contributed by atoms with Gasteiger partial charge in [0.05, 0.1) is 23.6 Å². The fourth-order valence-corrected chi connectivity index (χ4v) is 4.58. The minimum atomic E-state index is -0.364. The number of amides is 1. The van der Waals surface area contributed by atoms with Crippen LogP contribution in [0.25, 0.3) is 5.69 Å². The summed E-state index contributed by atoms with van der Waals surface area (Å²) in [6.45, 7) is 4.09. The van der Waals surface area contributed by atoms with Gasteiger partial charge in [0, 0.05) is 33.4 Å². The first-order valence-electron chi connectivity index (χ1n) is 9.93. The molecule has 0 unspecified atom stereocenters. The fourth-order valence-electron chi connectivity index (χ4n) is 3.12. The molecule has 0 aliphatic heterocycles. The average Bonchev–Trinajstić information content (AvgIpc) is 3.19. The molecule has 8 nitrogen and oxygen atoms in total. The SMILES string of the molecule is Cc1cc(C)nc(SCc2c(C(=O)NCc3ccccn3)nnn2-c2cc(Cl)cc(Cl)c2)n1. The summed E-state index contributed by atoms with van der Waals surface area (Å²) in [6.07, 6.45) is 1.67. The highest BCUT2D eigenvalue weighted by atomic mass is 35.5. The molecule has 0 atom stereocenters. The zero-order chi connectivity index (χ0) is 23.4. The zero-order valence-corrected chi connectivity index (χ0v) is 20.1. The molecule has 0 bridgehead atoms. The van der Waals surface area contributed by atoms with Crippen molar-refractivity contribution >= 4 is 40.9 Å². The first-order valence-corrected chi connectivity index (χ1v) is 11.7. The molecule has 1 N–H and O–H groups in total. The molecule has 168 valence electrons. The van der Waals surface area contributed by atoms with Gasteiger partial charge < -0.3 is 5.32 Å². The van der Waals surface area contributed by atoms with E-state index in [1.165, 1.54) is 11.8 Å². The Kier molecular flexibility index (Phi) is 7.22. The van der Waals surface area contributed by atoms with Gasteiger partial charge in [-0.05, 0) is 50.2 Å². The van der Waals surface area contributed by atoms with Crippen molar-refractivity contribution in [2.45, 2.75) is 31.3 Å². The van der Waals surface area contributed by atoms with Crippen LogP contribution < -0.4 is 5.32 Å². The van der Waals surface area contributed by atoms with E-state index in [4.69, 9.17) is 23.2 Å². The third kappa shape index (κ3) is 5.87. The van der Waals surface area contributed by atoms with Gasteiger partial charge in [-0.1, -0.05) is 46.2 Å². The maximum absolute atomic E-state index is 13.0. The fraction of sp³-hybridized carbons (Fsp3) is 0.182. The van der Waals surface area contributed by atoms with Crippen LogP contribution >= 0.6 is 35.0 Å². The number of aryl methyl sites for hydroxylation is 2. The number of carbonyl (C=O) groups is 1. The van der Waals surface area contributed by atoms with Crippen LogP contribution in [0.3, 0.4) is 0 Å². The standard InChI is InChI=1S/C22H19Cl2N7OS/c1-13-7-14(2)28-22(27-13)33-12-19-20(21(32)26-11-17-5-3-4-6-25-17)29-30-31(19)18-9-15(23)8-16(24)10-18/h3-10H,11-12H2,1-2H3,(H,26,32). The lowest BCUT2D eigenvalue weighted by atomic mass is 10.2. The van der Waals surface area contributed by atoms with E-state index in [0.29, 0.717) is 32.3 Å². The molecule has 0 saturated heterocycles. The molecule has 4 rings (SSSR count). The predicted octanol–water partition coefficient (Wildman–Crippen LogP) is 4.60. The van der Waals surface area contributed by atoms with Crippen LogP contribution in [0.15, 0.2) is 53.8 Å². The molecule has 1 amide bonds. The number of aromatic nitrogens is 6. The molecular weight excluding hydrogens is 481 g/mol. The minimum Gasteiger partial charge on any atom is -0.345 e. The molecule has 0 saturated carbocycles. The van der Waals surface area contributed by atoms with Crippen molar-refractivity contribution < 1.29 is 4.79 Å². The van der Waals surface area contributed by atoms with E-state index in [2.05, 4.69) is 30.6 Å². The molecule has 1 aromatic carbocycles. The van der Waals surface area contributed by atoms with Gasteiger partial charge >= 0.3 is 0 Å². The first kappa shape index (κ1) is 23.2. The number of hydrogen-bond donors (Lipinski definition) is 1. The molecule has 0 radical (unpaired) electrons. The Labute approximate surface area is 204 Å². The second kappa shape index (κ2) is 10.3. The monoisotopic (exact) mass is 499 g/mol. The van der Waals surface area contributed by atoms with Crippen LogP contribution in [0.5, 0.6) is 0 Å². The third-order valence-electron chi connectivity index (χ3n) is 4.53. The van der Waals surface area contributed by atoms with Crippen LogP contribution in [0.1, 0.15) is 33.3 Å². The minimum absolute atomic E-state index is 0.193. The Hall–Kier alpha value is -3.01. The van der Waals surface area contributed by atoms with Crippen LogP contribution in [-0.2, 0) is 12.3 Å². The number of pyridine rings is 1. The lowest BCUT2D eigenvalue weighted by molar-refractivity contribution is 0.0944. The smallest absolute Gasteiger partial charge is 0.274 e. The summed E-state index contributed by atoms with van der Waals surface area (Å²) in [4.78, 5) is 26.1. The van der Waals surface area contributed by atoms with E-state index < -0.39 is 0 Å². The largest absolute Gasteiger partial charge is 0.345 e. The van der Waals surface area contributed by atoms with Gasteiger partial charge in [0.2, 0.25) is 0 Å². The Morgan fingerprint density at radius 1 is 1.06 bits per heavy atom. The lowest BCUT2D eigenvalue weighted by Gasteiger charge is -2.10. The Bertz CT molecular complexity index is 1260.